The summed E-state index contributed by atoms with van der Waals surface area (Å²) in [5, 5.41) is 10.8. The van der Waals surface area contributed by atoms with Crippen molar-refractivity contribution in [2.24, 2.45) is 0 Å². The van der Waals surface area contributed by atoms with Gasteiger partial charge in [0, 0.05) is 35.6 Å². The normalized spacial score (nSPS) is 11.1. The summed E-state index contributed by atoms with van der Waals surface area (Å²) >= 11 is 7.37. The molecule has 1 aromatic carbocycles. The van der Waals surface area contributed by atoms with Crippen LogP contribution in [-0.2, 0) is 6.54 Å². The average molecular weight is 312 g/mol. The number of aromatic nitrogens is 2. The zero-order chi connectivity index (χ0) is 14.5. The Hall–Kier alpha value is -1.17. The van der Waals surface area contributed by atoms with Gasteiger partial charge in [-0.1, -0.05) is 37.6 Å². The van der Waals surface area contributed by atoms with Crippen molar-refractivity contribution in [3.05, 3.63) is 40.7 Å². The van der Waals surface area contributed by atoms with Gasteiger partial charge in [-0.3, -0.25) is 0 Å². The van der Waals surface area contributed by atoms with Crippen LogP contribution in [0.15, 0.2) is 24.3 Å². The number of hydrogen-bond donors (Lipinski definition) is 1. The van der Waals surface area contributed by atoms with Crippen molar-refractivity contribution in [3.63, 3.8) is 0 Å². The first-order valence-electron chi connectivity index (χ1n) is 6.54. The third-order valence-corrected chi connectivity index (χ3v) is 3.88. The summed E-state index contributed by atoms with van der Waals surface area (Å²) in [6.07, 6.45) is 0. The first-order chi connectivity index (χ1) is 9.60. The van der Waals surface area contributed by atoms with Gasteiger partial charge in [0.15, 0.2) is 0 Å². The summed E-state index contributed by atoms with van der Waals surface area (Å²) in [4.78, 5) is 6.56. The number of rotatable bonds is 6. The number of hydrogen-bond acceptors (Lipinski definition) is 5. The molecule has 108 valence electrons. The maximum Gasteiger partial charge on any atom is 0.205 e. The fourth-order valence-electron chi connectivity index (χ4n) is 1.81. The van der Waals surface area contributed by atoms with Crippen molar-refractivity contribution >= 4 is 28.3 Å². The fourth-order valence-corrected chi connectivity index (χ4v) is 2.85. The van der Waals surface area contributed by atoms with Crippen molar-refractivity contribution in [1.29, 1.82) is 0 Å². The molecule has 0 unspecified atom stereocenters. The Morgan fingerprint density at radius 2 is 2.20 bits per heavy atom. The number of aliphatic hydroxyl groups is 1. The average Bonchev–Trinajstić information content (AvgIpc) is 2.88. The molecule has 0 spiro atoms. The molecule has 2 aromatic rings. The highest BCUT2D eigenvalue weighted by molar-refractivity contribution is 7.09. The Morgan fingerprint density at radius 3 is 2.80 bits per heavy atom. The number of nitrogens with zero attached hydrogens (tertiary/aromatic N) is 3. The van der Waals surface area contributed by atoms with E-state index in [0.29, 0.717) is 24.0 Å². The molecule has 0 radical (unpaired) electrons. The zero-order valence-electron chi connectivity index (χ0n) is 11.6. The third-order valence-electron chi connectivity index (χ3n) is 2.85. The molecule has 0 fully saturated rings. The monoisotopic (exact) mass is 311 g/mol. The standard InChI is InChI=1S/C14H18ClN3OS/c1-10(2)13-16-14(20-17-13)18(6-7-19)9-11-4-3-5-12(15)8-11/h3-5,8,10,19H,6-7,9H2,1-2H3. The van der Waals surface area contributed by atoms with Gasteiger partial charge in [-0.15, -0.1) is 0 Å². The lowest BCUT2D eigenvalue weighted by molar-refractivity contribution is 0.301. The SMILES string of the molecule is CC(C)c1nsc(N(CCO)Cc2cccc(Cl)c2)n1. The Balaban J connectivity index is 2.17. The molecule has 0 aliphatic rings. The number of benzene rings is 1. The molecule has 1 N–H and O–H groups in total. The number of aliphatic hydroxyl groups excluding tert-OH is 1. The molecule has 0 aliphatic carbocycles. The lowest BCUT2D eigenvalue weighted by Gasteiger charge is -2.20. The number of anilines is 1. The van der Waals surface area contributed by atoms with Crippen LogP contribution >= 0.6 is 23.1 Å². The third kappa shape index (κ3) is 3.91. The first kappa shape index (κ1) is 15.2. The van der Waals surface area contributed by atoms with Crippen molar-refractivity contribution in [2.45, 2.75) is 26.3 Å². The van der Waals surface area contributed by atoms with E-state index >= 15 is 0 Å². The summed E-state index contributed by atoms with van der Waals surface area (Å²) < 4.78 is 4.36. The van der Waals surface area contributed by atoms with E-state index in [4.69, 9.17) is 11.6 Å². The maximum atomic E-state index is 9.24. The quantitative estimate of drug-likeness (QED) is 0.889. The largest absolute Gasteiger partial charge is 0.395 e. The lowest BCUT2D eigenvalue weighted by Crippen LogP contribution is -2.26. The van der Waals surface area contributed by atoms with E-state index in [1.165, 1.54) is 11.5 Å². The fraction of sp³-hybridized carbons (Fsp3) is 0.429. The summed E-state index contributed by atoms with van der Waals surface area (Å²) in [6.45, 7) is 5.41. The van der Waals surface area contributed by atoms with Crippen LogP contribution in [0.3, 0.4) is 0 Å². The second-order valence-electron chi connectivity index (χ2n) is 4.86. The molecular weight excluding hydrogens is 294 g/mol. The maximum absolute atomic E-state index is 9.24. The highest BCUT2D eigenvalue weighted by Gasteiger charge is 2.14. The second-order valence-corrected chi connectivity index (χ2v) is 6.03. The van der Waals surface area contributed by atoms with Crippen LogP contribution < -0.4 is 4.90 Å². The molecule has 1 aromatic heterocycles. The van der Waals surface area contributed by atoms with Crippen molar-refractivity contribution in [3.8, 4) is 0 Å². The zero-order valence-corrected chi connectivity index (χ0v) is 13.2. The van der Waals surface area contributed by atoms with E-state index in [0.717, 1.165) is 16.5 Å². The lowest BCUT2D eigenvalue weighted by atomic mass is 10.2. The molecule has 0 amide bonds. The van der Waals surface area contributed by atoms with Gasteiger partial charge in [-0.2, -0.15) is 4.37 Å². The molecule has 0 aliphatic heterocycles. The van der Waals surface area contributed by atoms with Crippen molar-refractivity contribution in [1.82, 2.24) is 9.36 Å². The van der Waals surface area contributed by atoms with Crippen molar-refractivity contribution < 1.29 is 5.11 Å². The van der Waals surface area contributed by atoms with Gasteiger partial charge in [-0.05, 0) is 17.7 Å². The van der Waals surface area contributed by atoms with E-state index in [1.807, 2.05) is 29.2 Å². The highest BCUT2D eigenvalue weighted by Crippen LogP contribution is 2.23. The van der Waals surface area contributed by atoms with E-state index < -0.39 is 0 Å². The van der Waals surface area contributed by atoms with E-state index in [9.17, 15) is 5.11 Å². The minimum atomic E-state index is 0.0805. The van der Waals surface area contributed by atoms with Gasteiger partial charge in [0.25, 0.3) is 0 Å². The molecule has 0 saturated heterocycles. The summed E-state index contributed by atoms with van der Waals surface area (Å²) in [7, 11) is 0. The van der Waals surface area contributed by atoms with Gasteiger partial charge >= 0.3 is 0 Å². The van der Waals surface area contributed by atoms with Crippen LogP contribution in [0.4, 0.5) is 5.13 Å². The number of halogens is 1. The molecule has 20 heavy (non-hydrogen) atoms. The molecule has 4 nitrogen and oxygen atoms in total. The summed E-state index contributed by atoms with van der Waals surface area (Å²) in [5.41, 5.74) is 1.09. The van der Waals surface area contributed by atoms with Gasteiger partial charge in [0.2, 0.25) is 5.13 Å². The molecule has 0 atom stereocenters. The summed E-state index contributed by atoms with van der Waals surface area (Å²) in [6, 6.07) is 7.72. The molecule has 2 rings (SSSR count). The van der Waals surface area contributed by atoms with Crippen molar-refractivity contribution in [2.75, 3.05) is 18.1 Å². The van der Waals surface area contributed by atoms with Crippen LogP contribution in [0.1, 0.15) is 31.2 Å². The minimum Gasteiger partial charge on any atom is -0.395 e. The summed E-state index contributed by atoms with van der Waals surface area (Å²) in [5.74, 6) is 1.15. The molecule has 0 bridgehead atoms. The van der Waals surface area contributed by atoms with E-state index in [2.05, 4.69) is 23.2 Å². The Morgan fingerprint density at radius 1 is 1.40 bits per heavy atom. The van der Waals surface area contributed by atoms with Crippen LogP contribution in [0.25, 0.3) is 0 Å². The van der Waals surface area contributed by atoms with Crippen LogP contribution in [0.5, 0.6) is 0 Å². The van der Waals surface area contributed by atoms with Gasteiger partial charge in [0.05, 0.1) is 6.61 Å². The molecule has 1 heterocycles. The Labute approximate surface area is 128 Å². The minimum absolute atomic E-state index is 0.0805. The van der Waals surface area contributed by atoms with Crippen LogP contribution in [0.2, 0.25) is 5.02 Å². The molecule has 6 heteroatoms. The van der Waals surface area contributed by atoms with Crippen LogP contribution in [0, 0.1) is 0 Å². The molecular formula is C14H18ClN3OS. The first-order valence-corrected chi connectivity index (χ1v) is 7.69. The van der Waals surface area contributed by atoms with Gasteiger partial charge < -0.3 is 10.0 Å². The smallest absolute Gasteiger partial charge is 0.205 e. The predicted octanol–water partition coefficient (Wildman–Crippen LogP) is 3.31. The Kier molecular flexibility index (Phi) is 5.34. The van der Waals surface area contributed by atoms with Gasteiger partial charge in [-0.25, -0.2) is 4.98 Å². The topological polar surface area (TPSA) is 49.2 Å². The second kappa shape index (κ2) is 7.02. The van der Waals surface area contributed by atoms with Gasteiger partial charge in [0.1, 0.15) is 5.82 Å². The molecule has 0 saturated carbocycles. The predicted molar refractivity (Wildman–Crippen MR) is 83.6 cm³/mol. The van der Waals surface area contributed by atoms with Crippen LogP contribution in [-0.4, -0.2) is 27.6 Å². The Bertz CT molecular complexity index is 559. The highest BCUT2D eigenvalue weighted by atomic mass is 35.5. The van der Waals surface area contributed by atoms with E-state index in [-0.39, 0.29) is 6.61 Å². The van der Waals surface area contributed by atoms with E-state index in [1.54, 1.807) is 0 Å².